The Kier molecular flexibility index (Phi) is 3.37. The van der Waals surface area contributed by atoms with Gasteiger partial charge < -0.3 is 15.0 Å². The maximum absolute atomic E-state index is 11.1. The normalized spacial score (nSPS) is 12.9. The van der Waals surface area contributed by atoms with E-state index in [1.54, 1.807) is 12.3 Å². The molecule has 2 N–H and O–H groups in total. The Morgan fingerprint density at radius 2 is 2.21 bits per heavy atom. The van der Waals surface area contributed by atoms with E-state index in [1.165, 1.54) is 5.56 Å². The van der Waals surface area contributed by atoms with Crippen LogP contribution in [-0.4, -0.2) is 25.4 Å². The lowest BCUT2D eigenvalue weighted by atomic mass is 10.1. The molecule has 1 aromatic carbocycles. The number of carboxylic acid groups (broad SMARTS) is 1. The Morgan fingerprint density at radius 1 is 1.33 bits per heavy atom. The minimum atomic E-state index is -0.888. The van der Waals surface area contributed by atoms with E-state index in [2.05, 4.69) is 28.6 Å². The highest BCUT2D eigenvalue weighted by Gasteiger charge is 2.16. The van der Waals surface area contributed by atoms with Crippen LogP contribution in [-0.2, 0) is 19.6 Å². The van der Waals surface area contributed by atoms with E-state index in [9.17, 15) is 4.79 Å². The van der Waals surface area contributed by atoms with E-state index < -0.39 is 5.97 Å². The number of hydrogen-bond donors (Lipinski definition) is 2. The van der Waals surface area contributed by atoms with Crippen LogP contribution in [0.5, 0.6) is 0 Å². The van der Waals surface area contributed by atoms with Gasteiger partial charge in [0, 0.05) is 30.3 Å². The van der Waals surface area contributed by atoms with Crippen LogP contribution in [0.1, 0.15) is 32.7 Å². The first kappa shape index (κ1) is 14.6. The van der Waals surface area contributed by atoms with Crippen molar-refractivity contribution in [3.8, 4) is 0 Å². The zero-order valence-corrected chi connectivity index (χ0v) is 13.4. The molecule has 0 saturated carbocycles. The fourth-order valence-electron chi connectivity index (χ4n) is 3.10. The van der Waals surface area contributed by atoms with Gasteiger partial charge in [-0.15, -0.1) is 0 Å². The Labute approximate surface area is 139 Å². The van der Waals surface area contributed by atoms with E-state index in [1.807, 2.05) is 28.6 Å². The minimum absolute atomic E-state index is 0.334. The summed E-state index contributed by atoms with van der Waals surface area (Å²) >= 11 is 0. The first-order chi connectivity index (χ1) is 11.6. The van der Waals surface area contributed by atoms with Gasteiger partial charge in [-0.1, -0.05) is 12.1 Å². The molecule has 3 heterocycles. The average molecular weight is 322 g/mol. The number of anilines is 1. The summed E-state index contributed by atoms with van der Waals surface area (Å²) in [5.74, 6) is -0.888. The molecule has 24 heavy (non-hydrogen) atoms. The summed E-state index contributed by atoms with van der Waals surface area (Å²) in [5.41, 5.74) is 5.89. The van der Waals surface area contributed by atoms with Crippen LogP contribution in [0.3, 0.4) is 0 Å². The van der Waals surface area contributed by atoms with Gasteiger partial charge in [0.1, 0.15) is 0 Å². The van der Waals surface area contributed by atoms with Gasteiger partial charge in [0.05, 0.1) is 24.8 Å². The van der Waals surface area contributed by atoms with E-state index in [-0.39, 0.29) is 0 Å². The van der Waals surface area contributed by atoms with Crippen molar-refractivity contribution < 1.29 is 9.90 Å². The van der Waals surface area contributed by atoms with Crippen molar-refractivity contribution in [1.29, 1.82) is 0 Å². The van der Waals surface area contributed by atoms with Crippen LogP contribution in [0.2, 0.25) is 0 Å². The fourth-order valence-corrected chi connectivity index (χ4v) is 3.10. The molecule has 0 radical (unpaired) electrons. The largest absolute Gasteiger partial charge is 0.478 e. The molecular weight excluding hydrogens is 304 g/mol. The highest BCUT2D eigenvalue weighted by atomic mass is 16.4. The maximum atomic E-state index is 11.1. The number of fused-ring (bicyclic) bond motifs is 2. The SMILES string of the molecule is Cc1cnn(Cc2ccc3c(c2)NCc2cc(C(=O)O)cn2C3)c1. The summed E-state index contributed by atoms with van der Waals surface area (Å²) in [4.78, 5) is 11.1. The lowest BCUT2D eigenvalue weighted by Gasteiger charge is -2.10. The maximum Gasteiger partial charge on any atom is 0.337 e. The second-order valence-electron chi connectivity index (χ2n) is 6.21. The second-order valence-corrected chi connectivity index (χ2v) is 6.21. The van der Waals surface area contributed by atoms with Gasteiger partial charge in [-0.25, -0.2) is 4.79 Å². The van der Waals surface area contributed by atoms with Crippen LogP contribution < -0.4 is 5.32 Å². The lowest BCUT2D eigenvalue weighted by molar-refractivity contribution is 0.0697. The fraction of sp³-hybridized carbons (Fsp3) is 0.222. The van der Waals surface area contributed by atoms with Crippen molar-refractivity contribution in [1.82, 2.24) is 14.3 Å². The molecule has 0 bridgehead atoms. The number of aryl methyl sites for hydroxylation is 1. The second kappa shape index (κ2) is 5.56. The molecule has 6 heteroatoms. The van der Waals surface area contributed by atoms with Crippen molar-refractivity contribution in [3.63, 3.8) is 0 Å². The third kappa shape index (κ3) is 2.67. The topological polar surface area (TPSA) is 72.1 Å². The van der Waals surface area contributed by atoms with Gasteiger partial charge in [-0.3, -0.25) is 4.68 Å². The summed E-state index contributed by atoms with van der Waals surface area (Å²) in [6.45, 7) is 4.05. The van der Waals surface area contributed by atoms with Crippen molar-refractivity contribution in [2.75, 3.05) is 5.32 Å². The Morgan fingerprint density at radius 3 is 2.96 bits per heavy atom. The van der Waals surface area contributed by atoms with E-state index in [0.29, 0.717) is 18.7 Å². The predicted octanol–water partition coefficient (Wildman–Crippen LogP) is 2.71. The van der Waals surface area contributed by atoms with Gasteiger partial charge in [-0.05, 0) is 35.7 Å². The van der Waals surface area contributed by atoms with Crippen LogP contribution in [0, 0.1) is 6.92 Å². The number of carboxylic acids is 1. The number of aromatic carboxylic acids is 1. The zero-order chi connectivity index (χ0) is 16.7. The van der Waals surface area contributed by atoms with Crippen LogP contribution in [0.15, 0.2) is 42.9 Å². The molecule has 122 valence electrons. The smallest absolute Gasteiger partial charge is 0.337 e. The Bertz CT molecular complexity index is 923. The van der Waals surface area contributed by atoms with Gasteiger partial charge >= 0.3 is 5.97 Å². The molecule has 0 atom stereocenters. The molecule has 6 nitrogen and oxygen atoms in total. The van der Waals surface area contributed by atoms with Gasteiger partial charge in [0.2, 0.25) is 0 Å². The molecule has 2 aromatic heterocycles. The number of aromatic nitrogens is 3. The highest BCUT2D eigenvalue weighted by molar-refractivity contribution is 5.87. The molecular formula is C18H18N4O2. The first-order valence-corrected chi connectivity index (χ1v) is 7.85. The highest BCUT2D eigenvalue weighted by Crippen LogP contribution is 2.25. The number of hydrogen-bond acceptors (Lipinski definition) is 3. The Balaban J connectivity index is 1.60. The van der Waals surface area contributed by atoms with Crippen molar-refractivity contribution in [2.24, 2.45) is 0 Å². The summed E-state index contributed by atoms with van der Waals surface area (Å²) in [6.07, 6.45) is 5.59. The number of nitrogens with zero attached hydrogens (tertiary/aromatic N) is 3. The molecule has 0 saturated heterocycles. The molecule has 4 rings (SSSR count). The molecule has 3 aromatic rings. The molecule has 0 fully saturated rings. The van der Waals surface area contributed by atoms with Crippen molar-refractivity contribution in [3.05, 3.63) is 70.8 Å². The molecule has 1 aliphatic rings. The number of rotatable bonds is 3. The van der Waals surface area contributed by atoms with Gasteiger partial charge in [-0.2, -0.15) is 5.10 Å². The van der Waals surface area contributed by atoms with Crippen LogP contribution in [0.4, 0.5) is 5.69 Å². The summed E-state index contributed by atoms with van der Waals surface area (Å²) in [6, 6.07) is 8.08. The molecule has 1 aliphatic heterocycles. The van der Waals surface area contributed by atoms with Crippen LogP contribution >= 0.6 is 0 Å². The van der Waals surface area contributed by atoms with E-state index in [4.69, 9.17) is 5.11 Å². The summed E-state index contributed by atoms with van der Waals surface area (Å²) in [5, 5.41) is 16.9. The van der Waals surface area contributed by atoms with E-state index >= 15 is 0 Å². The Hall–Kier alpha value is -3.02. The van der Waals surface area contributed by atoms with Crippen LogP contribution in [0.25, 0.3) is 0 Å². The minimum Gasteiger partial charge on any atom is -0.478 e. The lowest BCUT2D eigenvalue weighted by Crippen LogP contribution is -2.03. The number of benzene rings is 1. The third-order valence-corrected chi connectivity index (χ3v) is 4.31. The average Bonchev–Trinajstić information content (AvgIpc) is 3.10. The summed E-state index contributed by atoms with van der Waals surface area (Å²) in [7, 11) is 0. The zero-order valence-electron chi connectivity index (χ0n) is 13.4. The summed E-state index contributed by atoms with van der Waals surface area (Å²) < 4.78 is 3.93. The molecule has 0 spiro atoms. The van der Waals surface area contributed by atoms with Gasteiger partial charge in [0.25, 0.3) is 0 Å². The van der Waals surface area contributed by atoms with E-state index in [0.717, 1.165) is 29.1 Å². The monoisotopic (exact) mass is 322 g/mol. The number of carbonyl (C=O) groups is 1. The first-order valence-electron chi connectivity index (χ1n) is 7.85. The van der Waals surface area contributed by atoms with Gasteiger partial charge in [0.15, 0.2) is 0 Å². The quantitative estimate of drug-likeness (QED) is 0.778. The number of nitrogens with one attached hydrogen (secondary N) is 1. The predicted molar refractivity (Wildman–Crippen MR) is 90.3 cm³/mol. The molecule has 0 amide bonds. The standard InChI is InChI=1S/C18H18N4O2/c1-12-6-20-22(8-12)9-13-2-3-14-10-21-11-15(18(23)24)5-16(21)7-19-17(14)4-13/h2-6,8,11,19H,7,9-10H2,1H3,(H,23,24). The third-order valence-electron chi connectivity index (χ3n) is 4.31. The molecule has 0 unspecified atom stereocenters. The van der Waals surface area contributed by atoms with Crippen molar-refractivity contribution in [2.45, 2.75) is 26.6 Å². The van der Waals surface area contributed by atoms with Crippen molar-refractivity contribution >= 4 is 11.7 Å². The molecule has 0 aliphatic carbocycles.